The highest BCUT2D eigenvalue weighted by molar-refractivity contribution is 4.88. The van der Waals surface area contributed by atoms with Crippen LogP contribution in [0.1, 0.15) is 51.9 Å². The Hall–Kier alpha value is -0.120. The van der Waals surface area contributed by atoms with Gasteiger partial charge in [-0.05, 0) is 45.6 Å². The summed E-state index contributed by atoms with van der Waals surface area (Å²) in [7, 11) is 0. The van der Waals surface area contributed by atoms with Crippen molar-refractivity contribution in [1.29, 1.82) is 0 Å². The van der Waals surface area contributed by atoms with Crippen LogP contribution in [0.5, 0.6) is 0 Å². The molecular weight excluding hydrogens is 200 g/mol. The van der Waals surface area contributed by atoms with E-state index in [1.807, 2.05) is 0 Å². The van der Waals surface area contributed by atoms with E-state index in [-0.39, 0.29) is 0 Å². The maximum Gasteiger partial charge on any atom is 0.0771 e. The van der Waals surface area contributed by atoms with E-state index in [2.05, 4.69) is 17.6 Å². The van der Waals surface area contributed by atoms with E-state index in [4.69, 9.17) is 0 Å². The first-order valence-corrected chi connectivity index (χ1v) is 6.87. The van der Waals surface area contributed by atoms with Gasteiger partial charge >= 0.3 is 0 Å². The third kappa shape index (κ3) is 3.44. The quantitative estimate of drug-likeness (QED) is 0.664. The van der Waals surface area contributed by atoms with E-state index in [0.717, 1.165) is 19.4 Å². The first kappa shape index (κ1) is 12.3. The van der Waals surface area contributed by atoms with Gasteiger partial charge in [-0.25, -0.2) is 0 Å². The van der Waals surface area contributed by atoms with Crippen LogP contribution in [0.25, 0.3) is 0 Å². The second kappa shape index (κ2) is 5.48. The molecule has 2 unspecified atom stereocenters. The minimum atomic E-state index is -0.405. The summed E-state index contributed by atoms with van der Waals surface area (Å²) in [5, 5.41) is 17.2. The Morgan fingerprint density at radius 1 is 1.38 bits per heavy atom. The molecule has 3 nitrogen and oxygen atoms in total. The van der Waals surface area contributed by atoms with Crippen LogP contribution in [-0.4, -0.2) is 35.9 Å². The third-order valence-corrected chi connectivity index (χ3v) is 4.11. The number of nitrogens with one attached hydrogen (secondary N) is 2. The van der Waals surface area contributed by atoms with Crippen molar-refractivity contribution >= 4 is 0 Å². The molecule has 3 heteroatoms. The molecule has 1 saturated heterocycles. The Balaban J connectivity index is 1.64. The highest BCUT2D eigenvalue weighted by atomic mass is 16.3. The van der Waals surface area contributed by atoms with Crippen LogP contribution in [0, 0.1) is 0 Å². The molecule has 16 heavy (non-hydrogen) atoms. The molecule has 0 aromatic rings. The fraction of sp³-hybridized carbons (Fsp3) is 1.00. The highest BCUT2D eigenvalue weighted by Gasteiger charge is 2.31. The second-order valence-electron chi connectivity index (χ2n) is 5.74. The third-order valence-electron chi connectivity index (χ3n) is 4.11. The molecule has 1 aliphatic carbocycles. The van der Waals surface area contributed by atoms with E-state index < -0.39 is 5.60 Å². The van der Waals surface area contributed by atoms with Crippen molar-refractivity contribution in [1.82, 2.24) is 10.6 Å². The fourth-order valence-electron chi connectivity index (χ4n) is 3.04. The molecular formula is C13H26N2O. The average Bonchev–Trinajstić information content (AvgIpc) is 2.88. The van der Waals surface area contributed by atoms with E-state index in [1.165, 1.54) is 38.6 Å². The predicted octanol–water partition coefficient (Wildman–Crippen LogP) is 1.41. The van der Waals surface area contributed by atoms with Crippen LogP contribution in [0.4, 0.5) is 0 Å². The van der Waals surface area contributed by atoms with Crippen LogP contribution in [0.15, 0.2) is 0 Å². The highest BCUT2D eigenvalue weighted by Crippen LogP contribution is 2.28. The molecule has 2 rings (SSSR count). The zero-order valence-corrected chi connectivity index (χ0v) is 10.5. The summed E-state index contributed by atoms with van der Waals surface area (Å²) in [5.41, 5.74) is -0.405. The zero-order chi connectivity index (χ0) is 11.4. The van der Waals surface area contributed by atoms with Crippen LogP contribution >= 0.6 is 0 Å². The van der Waals surface area contributed by atoms with Gasteiger partial charge in [0.05, 0.1) is 5.60 Å². The van der Waals surface area contributed by atoms with Gasteiger partial charge in [0.2, 0.25) is 0 Å². The zero-order valence-electron chi connectivity index (χ0n) is 10.5. The van der Waals surface area contributed by atoms with Gasteiger partial charge in [-0.2, -0.15) is 0 Å². The smallest absolute Gasteiger partial charge is 0.0771 e. The van der Waals surface area contributed by atoms with Crippen molar-refractivity contribution in [2.75, 3.05) is 13.1 Å². The summed E-state index contributed by atoms with van der Waals surface area (Å²) < 4.78 is 0. The number of rotatable bonds is 5. The Labute approximate surface area is 99.0 Å². The van der Waals surface area contributed by atoms with Crippen molar-refractivity contribution in [2.45, 2.75) is 69.6 Å². The maximum atomic E-state index is 10.2. The van der Waals surface area contributed by atoms with Gasteiger partial charge in [-0.3, -0.25) is 0 Å². The molecule has 2 fully saturated rings. The lowest BCUT2D eigenvalue weighted by molar-refractivity contribution is 0.0448. The molecule has 2 atom stereocenters. The van der Waals surface area contributed by atoms with Crippen LogP contribution in [0.2, 0.25) is 0 Å². The van der Waals surface area contributed by atoms with Crippen molar-refractivity contribution in [3.63, 3.8) is 0 Å². The van der Waals surface area contributed by atoms with E-state index in [1.54, 1.807) is 0 Å². The van der Waals surface area contributed by atoms with Gasteiger partial charge in [-0.1, -0.05) is 12.8 Å². The van der Waals surface area contributed by atoms with Gasteiger partial charge in [0.1, 0.15) is 0 Å². The predicted molar refractivity (Wildman–Crippen MR) is 66.5 cm³/mol. The first-order valence-electron chi connectivity index (χ1n) is 6.87. The number of hydrogen-bond donors (Lipinski definition) is 3. The second-order valence-corrected chi connectivity index (χ2v) is 5.74. The molecule has 0 spiro atoms. The summed E-state index contributed by atoms with van der Waals surface area (Å²) in [4.78, 5) is 0. The number of hydrogen-bond acceptors (Lipinski definition) is 3. The van der Waals surface area contributed by atoms with Gasteiger partial charge in [-0.15, -0.1) is 0 Å². The molecule has 0 aromatic carbocycles. The van der Waals surface area contributed by atoms with Gasteiger partial charge in [0.25, 0.3) is 0 Å². The van der Waals surface area contributed by atoms with Crippen molar-refractivity contribution in [2.24, 2.45) is 0 Å². The van der Waals surface area contributed by atoms with Crippen molar-refractivity contribution in [3.05, 3.63) is 0 Å². The minimum absolute atomic E-state index is 0.405. The fourth-order valence-corrected chi connectivity index (χ4v) is 3.04. The van der Waals surface area contributed by atoms with Gasteiger partial charge < -0.3 is 15.7 Å². The number of aliphatic hydroxyl groups is 1. The Morgan fingerprint density at radius 3 is 2.75 bits per heavy atom. The molecule has 0 radical (unpaired) electrons. The summed E-state index contributed by atoms with van der Waals surface area (Å²) in [6.07, 6.45) is 8.17. The molecule has 1 saturated carbocycles. The lowest BCUT2D eigenvalue weighted by atomic mass is 10.0. The molecule has 2 aliphatic rings. The monoisotopic (exact) mass is 226 g/mol. The van der Waals surface area contributed by atoms with Crippen LogP contribution < -0.4 is 10.6 Å². The van der Waals surface area contributed by atoms with E-state index >= 15 is 0 Å². The van der Waals surface area contributed by atoms with Crippen molar-refractivity contribution < 1.29 is 5.11 Å². The summed E-state index contributed by atoms with van der Waals surface area (Å²) in [6, 6.07) is 1.21. The molecule has 3 N–H and O–H groups in total. The maximum absolute atomic E-state index is 10.2. The lowest BCUT2D eigenvalue weighted by Gasteiger charge is -2.26. The lowest BCUT2D eigenvalue weighted by Crippen LogP contribution is -2.43. The average molecular weight is 226 g/mol. The molecule has 1 heterocycles. The minimum Gasteiger partial charge on any atom is -0.389 e. The largest absolute Gasteiger partial charge is 0.389 e. The molecule has 94 valence electrons. The Morgan fingerprint density at radius 2 is 2.12 bits per heavy atom. The van der Waals surface area contributed by atoms with E-state index in [0.29, 0.717) is 12.1 Å². The molecule has 1 aliphatic heterocycles. The SMILES string of the molecule is CC(CC1CCCN1)NCC1(O)CCCC1. The first-order chi connectivity index (χ1) is 7.68. The topological polar surface area (TPSA) is 44.3 Å². The Bertz CT molecular complexity index is 208. The molecule has 0 aromatic heterocycles. The van der Waals surface area contributed by atoms with Crippen LogP contribution in [0.3, 0.4) is 0 Å². The normalized spacial score (nSPS) is 30.8. The molecule has 0 amide bonds. The van der Waals surface area contributed by atoms with E-state index in [9.17, 15) is 5.11 Å². The van der Waals surface area contributed by atoms with Gasteiger partial charge in [0.15, 0.2) is 0 Å². The summed E-state index contributed by atoms with van der Waals surface area (Å²) in [5.74, 6) is 0. The Kier molecular flexibility index (Phi) is 4.22. The van der Waals surface area contributed by atoms with Crippen molar-refractivity contribution in [3.8, 4) is 0 Å². The van der Waals surface area contributed by atoms with Crippen LogP contribution in [-0.2, 0) is 0 Å². The van der Waals surface area contributed by atoms with Gasteiger partial charge in [0, 0.05) is 18.6 Å². The summed E-state index contributed by atoms with van der Waals surface area (Å²) in [6.45, 7) is 4.19. The molecule has 0 bridgehead atoms. The standard InChI is InChI=1S/C13H26N2O/c1-11(9-12-5-4-8-14-12)15-10-13(16)6-2-3-7-13/h11-12,14-16H,2-10H2,1H3. The summed E-state index contributed by atoms with van der Waals surface area (Å²) >= 11 is 0.